The molecule has 1 aromatic rings. The second-order valence-electron chi connectivity index (χ2n) is 5.32. The van der Waals surface area contributed by atoms with Gasteiger partial charge in [-0.3, -0.25) is 14.3 Å². The number of guanidine groups is 1. The molecule has 148 valence electrons. The molecule has 0 fully saturated rings. The predicted molar refractivity (Wildman–Crippen MR) is 106 cm³/mol. The van der Waals surface area contributed by atoms with E-state index in [2.05, 4.69) is 57.5 Å². The first-order valence-electron chi connectivity index (χ1n) is 7.38. The first kappa shape index (κ1) is 21.6. The molecule has 2 heterocycles. The molecule has 0 unspecified atom stereocenters. The van der Waals surface area contributed by atoms with Crippen molar-refractivity contribution in [3.63, 3.8) is 0 Å². The number of halogens is 2. The Morgan fingerprint density at radius 2 is 2.19 bits per heavy atom. The zero-order valence-corrected chi connectivity index (χ0v) is 17.6. The summed E-state index contributed by atoms with van der Waals surface area (Å²) in [6.07, 6.45) is 0.238. The second kappa shape index (κ2) is 8.97. The van der Waals surface area contributed by atoms with E-state index in [4.69, 9.17) is 10.3 Å². The minimum absolute atomic E-state index is 0.0178. The van der Waals surface area contributed by atoms with E-state index in [0.29, 0.717) is 14.8 Å². The number of carbonyl (C=O) groups excluding carboxylic acids is 1. The Balaban J connectivity index is 1.97. The fraction of sp³-hybridized carbons (Fsp3) is 0.308. The van der Waals surface area contributed by atoms with E-state index in [0.717, 1.165) is 0 Å². The van der Waals surface area contributed by atoms with E-state index in [1.54, 1.807) is 6.07 Å². The highest BCUT2D eigenvalue weighted by Gasteiger charge is 2.18. The highest BCUT2D eigenvalue weighted by molar-refractivity contribution is 9.13. The number of amides is 1. The molecule has 1 aliphatic rings. The van der Waals surface area contributed by atoms with Crippen LogP contribution >= 0.6 is 31.9 Å². The third-order valence-electron chi connectivity index (χ3n) is 3.14. The summed E-state index contributed by atoms with van der Waals surface area (Å²) in [4.78, 5) is 22.6. The molecule has 0 aliphatic carbocycles. The highest BCUT2D eigenvalue weighted by atomic mass is 79.9. The van der Waals surface area contributed by atoms with Crippen LogP contribution in [0.25, 0.3) is 0 Å². The standard InChI is InChI=1S/C13H16Br2N6O5S/c14-7-4-9(19-10(7)15)12(23)18-5-6(22)3-8-11(21-13(16)20-8)17-1-2-27(24,25)26/h3-4,6,19,22H,1-2,5H2,(H,18,23)(H,24,25,26)(H3,16,17,20,21)/t6-/m1/s1. The monoisotopic (exact) mass is 526 g/mol. The molecule has 7 N–H and O–H groups in total. The Labute approximate surface area is 171 Å². The molecule has 2 rings (SSSR count). The number of aromatic amines is 1. The molecule has 1 aromatic heterocycles. The van der Waals surface area contributed by atoms with Crippen molar-refractivity contribution in [1.29, 1.82) is 0 Å². The van der Waals surface area contributed by atoms with Crippen LogP contribution in [-0.4, -0.2) is 65.7 Å². The summed E-state index contributed by atoms with van der Waals surface area (Å²) >= 11 is 6.48. The Bertz CT molecular complexity index is 904. The molecule has 11 nitrogen and oxygen atoms in total. The number of nitrogens with one attached hydrogen (secondary N) is 3. The lowest BCUT2D eigenvalue weighted by atomic mass is 10.2. The maximum Gasteiger partial charge on any atom is 0.267 e. The van der Waals surface area contributed by atoms with Gasteiger partial charge in [-0.2, -0.15) is 13.4 Å². The maximum absolute atomic E-state index is 12.0. The lowest BCUT2D eigenvalue weighted by Gasteiger charge is -2.09. The number of H-pyrrole nitrogens is 1. The van der Waals surface area contributed by atoms with Crippen molar-refractivity contribution in [2.24, 2.45) is 15.7 Å². The van der Waals surface area contributed by atoms with Crippen molar-refractivity contribution in [3.8, 4) is 0 Å². The van der Waals surface area contributed by atoms with Gasteiger partial charge in [0, 0.05) is 6.54 Å². The van der Waals surface area contributed by atoms with Gasteiger partial charge in [-0.15, -0.1) is 0 Å². The van der Waals surface area contributed by atoms with E-state index in [9.17, 15) is 18.3 Å². The number of aromatic nitrogens is 1. The number of hydrogen-bond acceptors (Lipinski definition) is 7. The summed E-state index contributed by atoms with van der Waals surface area (Å²) in [5.41, 5.74) is 6.11. The van der Waals surface area contributed by atoms with Crippen molar-refractivity contribution < 1.29 is 22.9 Å². The van der Waals surface area contributed by atoms with Crippen molar-refractivity contribution in [2.45, 2.75) is 6.10 Å². The summed E-state index contributed by atoms with van der Waals surface area (Å²) in [5.74, 6) is -0.891. The van der Waals surface area contributed by atoms with Crippen molar-refractivity contribution in [2.75, 3.05) is 18.8 Å². The molecule has 0 spiro atoms. The number of nitrogens with zero attached hydrogens (tertiary/aromatic N) is 2. The number of aliphatic imine (C=N–C) groups is 2. The molecule has 0 saturated heterocycles. The highest BCUT2D eigenvalue weighted by Crippen LogP contribution is 2.22. The van der Waals surface area contributed by atoms with Gasteiger partial charge in [0.1, 0.15) is 5.69 Å². The van der Waals surface area contributed by atoms with E-state index in [-0.39, 0.29) is 30.6 Å². The molecule has 1 amide bonds. The first-order chi connectivity index (χ1) is 12.5. The Morgan fingerprint density at radius 1 is 1.48 bits per heavy atom. The zero-order valence-electron chi connectivity index (χ0n) is 13.6. The molecule has 27 heavy (non-hydrogen) atoms. The van der Waals surface area contributed by atoms with Gasteiger partial charge < -0.3 is 26.5 Å². The average Bonchev–Trinajstić information content (AvgIpc) is 3.06. The third kappa shape index (κ3) is 6.73. The number of aliphatic hydroxyl groups excluding tert-OH is 1. The van der Waals surface area contributed by atoms with Crippen LogP contribution in [0.3, 0.4) is 0 Å². The number of amidine groups is 1. The van der Waals surface area contributed by atoms with Crippen LogP contribution < -0.4 is 16.4 Å². The zero-order chi connectivity index (χ0) is 20.2. The van der Waals surface area contributed by atoms with Gasteiger partial charge in [0.15, 0.2) is 11.8 Å². The van der Waals surface area contributed by atoms with Crippen LogP contribution in [0, 0.1) is 0 Å². The van der Waals surface area contributed by atoms with Gasteiger partial charge in [0.05, 0.1) is 33.2 Å². The molecular formula is C13H16Br2N6O5S. The fourth-order valence-corrected chi connectivity index (χ4v) is 2.95. The Morgan fingerprint density at radius 3 is 2.78 bits per heavy atom. The molecule has 1 aliphatic heterocycles. The minimum atomic E-state index is -4.15. The minimum Gasteiger partial charge on any atom is -0.387 e. The average molecular weight is 528 g/mol. The van der Waals surface area contributed by atoms with Crippen LogP contribution in [0.2, 0.25) is 0 Å². The van der Waals surface area contributed by atoms with Crippen molar-refractivity contribution >= 4 is 59.7 Å². The van der Waals surface area contributed by atoms with Gasteiger partial charge in [-0.1, -0.05) is 0 Å². The SMILES string of the molecule is NC1=NC(=NCCS(=O)(=O)O)C(=C[C@@H](O)CNC(=O)c2cc(Br)c(Br)[nH]2)N1. The third-order valence-corrected chi connectivity index (χ3v) is 5.62. The number of hydrogen-bond donors (Lipinski definition) is 6. The number of aliphatic hydroxyl groups is 1. The predicted octanol–water partition coefficient (Wildman–Crippen LogP) is -0.281. The summed E-state index contributed by atoms with van der Waals surface area (Å²) in [6.45, 7) is -0.330. The van der Waals surface area contributed by atoms with Crippen molar-refractivity contribution in [1.82, 2.24) is 15.6 Å². The number of nitrogens with two attached hydrogens (primary N) is 1. The Hall–Kier alpha value is -1.74. The number of carbonyl (C=O) groups is 1. The van der Waals surface area contributed by atoms with Gasteiger partial charge in [-0.25, -0.2) is 0 Å². The molecule has 0 aromatic carbocycles. The van der Waals surface area contributed by atoms with Crippen LogP contribution in [0.1, 0.15) is 10.5 Å². The number of rotatable bonds is 7. The van der Waals surface area contributed by atoms with E-state index >= 15 is 0 Å². The molecular weight excluding hydrogens is 512 g/mol. The molecule has 0 radical (unpaired) electrons. The Kier molecular flexibility index (Phi) is 7.16. The molecule has 14 heteroatoms. The second-order valence-corrected chi connectivity index (χ2v) is 8.54. The largest absolute Gasteiger partial charge is 0.387 e. The van der Waals surface area contributed by atoms with Gasteiger partial charge >= 0.3 is 0 Å². The smallest absolute Gasteiger partial charge is 0.267 e. The van der Waals surface area contributed by atoms with Crippen LogP contribution in [0.15, 0.2) is 36.9 Å². The van der Waals surface area contributed by atoms with Crippen LogP contribution in [-0.2, 0) is 10.1 Å². The first-order valence-corrected chi connectivity index (χ1v) is 10.6. The van der Waals surface area contributed by atoms with Crippen molar-refractivity contribution in [3.05, 3.63) is 32.6 Å². The fourth-order valence-electron chi connectivity index (χ4n) is 1.97. The molecule has 1 atom stereocenters. The van der Waals surface area contributed by atoms with Gasteiger partial charge in [-0.05, 0) is 44.0 Å². The molecule has 0 bridgehead atoms. The summed E-state index contributed by atoms with van der Waals surface area (Å²) in [5, 5.41) is 15.3. The summed E-state index contributed by atoms with van der Waals surface area (Å²) < 4.78 is 31.5. The van der Waals surface area contributed by atoms with E-state index in [1.165, 1.54) is 6.08 Å². The topological polar surface area (TPSA) is 182 Å². The van der Waals surface area contributed by atoms with Crippen LogP contribution in [0.5, 0.6) is 0 Å². The van der Waals surface area contributed by atoms with E-state index in [1.807, 2.05) is 0 Å². The lowest BCUT2D eigenvalue weighted by molar-refractivity contribution is 0.0928. The summed E-state index contributed by atoms with van der Waals surface area (Å²) in [7, 11) is -4.15. The van der Waals surface area contributed by atoms with Gasteiger partial charge in [0.2, 0.25) is 0 Å². The van der Waals surface area contributed by atoms with Crippen LogP contribution in [0.4, 0.5) is 0 Å². The lowest BCUT2D eigenvalue weighted by Crippen LogP contribution is -2.33. The molecule has 0 saturated carbocycles. The normalized spacial score (nSPS) is 18.4. The quantitative estimate of drug-likeness (QED) is 0.263. The van der Waals surface area contributed by atoms with E-state index < -0.39 is 27.9 Å². The maximum atomic E-state index is 12.0. The summed E-state index contributed by atoms with van der Waals surface area (Å²) in [6, 6.07) is 1.58. The van der Waals surface area contributed by atoms with Gasteiger partial charge in [0.25, 0.3) is 16.0 Å².